The van der Waals surface area contributed by atoms with E-state index < -0.39 is 5.97 Å². The Balaban J connectivity index is 1.46. The Kier molecular flexibility index (Phi) is 3.72. The summed E-state index contributed by atoms with van der Waals surface area (Å²) < 4.78 is 6.92. The Morgan fingerprint density at radius 2 is 2.00 bits per heavy atom. The van der Waals surface area contributed by atoms with Gasteiger partial charge >= 0.3 is 5.97 Å². The number of amides is 1. The van der Waals surface area contributed by atoms with Crippen LogP contribution in [0, 0.1) is 0 Å². The van der Waals surface area contributed by atoms with E-state index in [1.54, 1.807) is 27.8 Å². The molecule has 126 valence electrons. The number of nitrogens with zero attached hydrogens (tertiary/aromatic N) is 3. The predicted molar refractivity (Wildman–Crippen MR) is 92.6 cm³/mol. The second kappa shape index (κ2) is 6.05. The van der Waals surface area contributed by atoms with Gasteiger partial charge in [-0.2, -0.15) is 0 Å². The number of ether oxygens (including phenoxy) is 1. The van der Waals surface area contributed by atoms with Gasteiger partial charge in [0.15, 0.2) is 12.3 Å². The number of anilines is 1. The number of fused-ring (bicyclic) bond motifs is 2. The lowest BCUT2D eigenvalue weighted by Crippen LogP contribution is -2.38. The average molecular weight is 335 g/mol. The van der Waals surface area contributed by atoms with Gasteiger partial charge in [-0.05, 0) is 37.1 Å². The van der Waals surface area contributed by atoms with Crippen LogP contribution in [-0.2, 0) is 16.0 Å². The van der Waals surface area contributed by atoms with Gasteiger partial charge in [0.2, 0.25) is 0 Å². The van der Waals surface area contributed by atoms with E-state index in [0.717, 1.165) is 17.7 Å². The molecule has 0 N–H and O–H groups in total. The highest BCUT2D eigenvalue weighted by molar-refractivity contribution is 5.98. The van der Waals surface area contributed by atoms with Gasteiger partial charge in [-0.3, -0.25) is 4.79 Å². The van der Waals surface area contributed by atoms with Crippen molar-refractivity contribution < 1.29 is 14.3 Å². The second-order valence-electron chi connectivity index (χ2n) is 6.11. The van der Waals surface area contributed by atoms with Gasteiger partial charge in [0.1, 0.15) is 5.65 Å². The molecule has 1 aliphatic rings. The predicted octanol–water partition coefficient (Wildman–Crippen LogP) is 2.47. The summed E-state index contributed by atoms with van der Waals surface area (Å²) in [5, 5.41) is 0. The Hall–Kier alpha value is -3.15. The quantitative estimate of drug-likeness (QED) is 0.690. The standard InChI is InChI=1S/C19H17N3O3/c1-13-10-14-6-2-3-7-16(14)22(13)18(23)12-25-19(24)15-11-21-9-5-4-8-17(21)20-15/h2-9,11,13H,10,12H2,1H3/t13-/m0/s1. The number of benzene rings is 1. The normalized spacial score (nSPS) is 16.0. The van der Waals surface area contributed by atoms with Gasteiger partial charge in [0.05, 0.1) is 0 Å². The molecule has 6 nitrogen and oxygen atoms in total. The number of carbonyl (C=O) groups is 2. The number of hydrogen-bond donors (Lipinski definition) is 0. The molecule has 6 heteroatoms. The molecule has 2 aromatic heterocycles. The zero-order chi connectivity index (χ0) is 17.4. The van der Waals surface area contributed by atoms with Gasteiger partial charge in [0, 0.05) is 24.1 Å². The third kappa shape index (κ3) is 2.76. The number of para-hydroxylation sites is 1. The third-order valence-corrected chi connectivity index (χ3v) is 4.38. The average Bonchev–Trinajstić information content (AvgIpc) is 3.19. The first kappa shape index (κ1) is 15.4. The van der Waals surface area contributed by atoms with E-state index >= 15 is 0 Å². The first-order valence-electron chi connectivity index (χ1n) is 8.14. The summed E-state index contributed by atoms with van der Waals surface area (Å²) in [5.41, 5.74) is 2.87. The van der Waals surface area contributed by atoms with Crippen molar-refractivity contribution in [2.75, 3.05) is 11.5 Å². The van der Waals surface area contributed by atoms with Gasteiger partial charge in [0.25, 0.3) is 5.91 Å². The summed E-state index contributed by atoms with van der Waals surface area (Å²) in [6, 6.07) is 13.3. The third-order valence-electron chi connectivity index (χ3n) is 4.38. The Labute approximate surface area is 144 Å². The molecule has 0 fully saturated rings. The molecule has 1 atom stereocenters. The van der Waals surface area contributed by atoms with E-state index in [4.69, 9.17) is 4.74 Å². The van der Waals surface area contributed by atoms with E-state index in [2.05, 4.69) is 4.98 Å². The fraction of sp³-hybridized carbons (Fsp3) is 0.211. The van der Waals surface area contributed by atoms with E-state index in [9.17, 15) is 9.59 Å². The van der Waals surface area contributed by atoms with Crippen molar-refractivity contribution in [3.05, 3.63) is 66.1 Å². The zero-order valence-electron chi connectivity index (χ0n) is 13.8. The van der Waals surface area contributed by atoms with Crippen molar-refractivity contribution in [3.8, 4) is 0 Å². The highest BCUT2D eigenvalue weighted by atomic mass is 16.5. The molecule has 0 unspecified atom stereocenters. The van der Waals surface area contributed by atoms with Crippen LogP contribution in [-0.4, -0.2) is 33.9 Å². The molecular formula is C19H17N3O3. The summed E-state index contributed by atoms with van der Waals surface area (Å²) in [5.74, 6) is -0.827. The molecule has 0 bridgehead atoms. The summed E-state index contributed by atoms with van der Waals surface area (Å²) in [4.78, 5) is 30.6. The minimum Gasteiger partial charge on any atom is -0.451 e. The number of rotatable bonds is 3. The first-order chi connectivity index (χ1) is 12.1. The molecule has 25 heavy (non-hydrogen) atoms. The van der Waals surface area contributed by atoms with Crippen molar-refractivity contribution >= 4 is 23.2 Å². The Bertz CT molecular complexity index is 930. The minimum absolute atomic E-state index is 0.0544. The topological polar surface area (TPSA) is 63.9 Å². The summed E-state index contributed by atoms with van der Waals surface area (Å²) >= 11 is 0. The molecular weight excluding hydrogens is 318 g/mol. The van der Waals surface area contributed by atoms with Crippen molar-refractivity contribution in [1.82, 2.24) is 9.38 Å². The summed E-state index contributed by atoms with van der Waals surface area (Å²) in [6.45, 7) is 1.69. The molecule has 0 saturated heterocycles. The number of esters is 1. The smallest absolute Gasteiger partial charge is 0.359 e. The van der Waals surface area contributed by atoms with Crippen molar-refractivity contribution in [1.29, 1.82) is 0 Å². The van der Waals surface area contributed by atoms with Gasteiger partial charge < -0.3 is 14.0 Å². The van der Waals surface area contributed by atoms with E-state index in [1.165, 1.54) is 0 Å². The van der Waals surface area contributed by atoms with E-state index in [1.807, 2.05) is 43.3 Å². The molecule has 0 aliphatic carbocycles. The number of hydrogen-bond acceptors (Lipinski definition) is 4. The summed E-state index contributed by atoms with van der Waals surface area (Å²) in [6.07, 6.45) is 4.20. The SMILES string of the molecule is C[C@H]1Cc2ccccc2N1C(=O)COC(=O)c1cn2ccccc2n1. The molecule has 1 amide bonds. The van der Waals surface area contributed by atoms with Crippen LogP contribution in [0.25, 0.3) is 5.65 Å². The number of imidazole rings is 1. The largest absolute Gasteiger partial charge is 0.451 e. The molecule has 4 rings (SSSR count). The van der Waals surface area contributed by atoms with Crippen molar-refractivity contribution in [2.24, 2.45) is 0 Å². The Morgan fingerprint density at radius 3 is 2.84 bits per heavy atom. The lowest BCUT2D eigenvalue weighted by atomic mass is 10.1. The number of pyridine rings is 1. The van der Waals surface area contributed by atoms with Crippen molar-refractivity contribution in [2.45, 2.75) is 19.4 Å². The Morgan fingerprint density at radius 1 is 1.20 bits per heavy atom. The molecule has 1 aliphatic heterocycles. The fourth-order valence-electron chi connectivity index (χ4n) is 3.25. The maximum Gasteiger partial charge on any atom is 0.359 e. The molecule has 0 radical (unpaired) electrons. The highest BCUT2D eigenvalue weighted by Gasteiger charge is 2.31. The van der Waals surface area contributed by atoms with Gasteiger partial charge in [-0.15, -0.1) is 0 Å². The molecule has 0 saturated carbocycles. The van der Waals surface area contributed by atoms with E-state index in [0.29, 0.717) is 5.65 Å². The van der Waals surface area contributed by atoms with Gasteiger partial charge in [-0.25, -0.2) is 9.78 Å². The van der Waals surface area contributed by atoms with Crippen LogP contribution in [0.4, 0.5) is 5.69 Å². The van der Waals surface area contributed by atoms with Crippen LogP contribution in [0.1, 0.15) is 23.0 Å². The molecule has 3 aromatic rings. The van der Waals surface area contributed by atoms with Crippen LogP contribution in [0.3, 0.4) is 0 Å². The van der Waals surface area contributed by atoms with E-state index in [-0.39, 0.29) is 24.2 Å². The van der Waals surface area contributed by atoms with Crippen molar-refractivity contribution in [3.63, 3.8) is 0 Å². The monoisotopic (exact) mass is 335 g/mol. The maximum atomic E-state index is 12.5. The number of aromatic nitrogens is 2. The lowest BCUT2D eigenvalue weighted by molar-refractivity contribution is -0.122. The zero-order valence-corrected chi connectivity index (χ0v) is 13.8. The molecule has 0 spiro atoms. The van der Waals surface area contributed by atoms with Crippen LogP contribution >= 0.6 is 0 Å². The first-order valence-corrected chi connectivity index (χ1v) is 8.14. The van der Waals surface area contributed by atoms with Crippen LogP contribution in [0.2, 0.25) is 0 Å². The summed E-state index contributed by atoms with van der Waals surface area (Å²) in [7, 11) is 0. The van der Waals surface area contributed by atoms with Crippen LogP contribution in [0.15, 0.2) is 54.9 Å². The van der Waals surface area contributed by atoms with Gasteiger partial charge in [-0.1, -0.05) is 24.3 Å². The molecule has 1 aromatic carbocycles. The fourth-order valence-corrected chi connectivity index (χ4v) is 3.25. The second-order valence-corrected chi connectivity index (χ2v) is 6.11. The minimum atomic E-state index is -0.600. The van der Waals surface area contributed by atoms with Crippen LogP contribution < -0.4 is 4.90 Å². The number of carbonyl (C=O) groups excluding carboxylic acids is 2. The van der Waals surface area contributed by atoms with Crippen LogP contribution in [0.5, 0.6) is 0 Å². The molecule has 3 heterocycles. The lowest BCUT2D eigenvalue weighted by Gasteiger charge is -2.22. The highest BCUT2D eigenvalue weighted by Crippen LogP contribution is 2.31. The maximum absolute atomic E-state index is 12.5.